The number of nitrogens with zero attached hydrogens (tertiary/aromatic N) is 1. The van der Waals surface area contributed by atoms with Crippen LogP contribution in [0.2, 0.25) is 0 Å². The van der Waals surface area contributed by atoms with Gasteiger partial charge in [0.15, 0.2) is 12.4 Å². The van der Waals surface area contributed by atoms with Crippen LogP contribution in [0.25, 0.3) is 0 Å². The van der Waals surface area contributed by atoms with Crippen molar-refractivity contribution < 1.29 is 42.9 Å². The average Bonchev–Trinajstić information content (AvgIpc) is 3.46. The highest BCUT2D eigenvalue weighted by Crippen LogP contribution is 2.18. The topological polar surface area (TPSA) is 111 Å². The van der Waals surface area contributed by atoms with Gasteiger partial charge in [0.25, 0.3) is 0 Å². The summed E-state index contributed by atoms with van der Waals surface area (Å²) in [6.45, 7) is 4.54. The molecule has 2 unspecified atom stereocenters. The smallest absolute Gasteiger partial charge is 0.306 e. The van der Waals surface area contributed by atoms with E-state index in [1.807, 2.05) is 21.1 Å². The summed E-state index contributed by atoms with van der Waals surface area (Å²) in [5.74, 6) is -2.29. The van der Waals surface area contributed by atoms with Crippen LogP contribution in [0, 0.1) is 0 Å². The third kappa shape index (κ3) is 73.0. The van der Waals surface area contributed by atoms with E-state index < -0.39 is 24.3 Å². The van der Waals surface area contributed by atoms with Crippen molar-refractivity contribution in [2.24, 2.45) is 0 Å². The number of allylic oxidation sites excluding steroid dienone is 20. The second-order valence-electron chi connectivity index (χ2n) is 26.2. The average molecular weight is 1270 g/mol. The normalized spacial score (nSPS) is 13.4. The molecule has 0 aliphatic rings. The van der Waals surface area contributed by atoms with Gasteiger partial charge in [-0.15, -0.1) is 0 Å². The van der Waals surface area contributed by atoms with E-state index in [9.17, 15) is 19.5 Å². The highest BCUT2D eigenvalue weighted by atomic mass is 16.7. The van der Waals surface area contributed by atoms with E-state index in [2.05, 4.69) is 135 Å². The molecule has 9 heteroatoms. The van der Waals surface area contributed by atoms with E-state index in [-0.39, 0.29) is 38.6 Å². The highest BCUT2D eigenvalue weighted by Gasteiger charge is 2.22. The number of quaternary nitrogens is 1. The van der Waals surface area contributed by atoms with Crippen LogP contribution in [0.15, 0.2) is 122 Å². The summed E-state index contributed by atoms with van der Waals surface area (Å²) in [6, 6.07) is 0. The van der Waals surface area contributed by atoms with Gasteiger partial charge in [0.1, 0.15) is 13.2 Å². The zero-order valence-electron chi connectivity index (χ0n) is 59.7. The molecule has 0 spiro atoms. The molecule has 0 amide bonds. The van der Waals surface area contributed by atoms with Crippen LogP contribution in [0.1, 0.15) is 322 Å². The maximum Gasteiger partial charge on any atom is 0.306 e. The zero-order valence-corrected chi connectivity index (χ0v) is 59.7. The van der Waals surface area contributed by atoms with Crippen LogP contribution in [-0.2, 0) is 33.3 Å². The van der Waals surface area contributed by atoms with E-state index in [0.29, 0.717) is 17.4 Å². The monoisotopic (exact) mass is 1270 g/mol. The summed E-state index contributed by atoms with van der Waals surface area (Å²) in [4.78, 5) is 37.5. The van der Waals surface area contributed by atoms with Gasteiger partial charge in [0.2, 0.25) is 0 Å². The number of aliphatic carboxylic acids is 1. The highest BCUT2D eigenvalue weighted by molar-refractivity contribution is 5.70. The molecule has 0 saturated carbocycles. The molecule has 91 heavy (non-hydrogen) atoms. The first-order valence-electron chi connectivity index (χ1n) is 37.7. The van der Waals surface area contributed by atoms with E-state index in [1.54, 1.807) is 0 Å². The summed E-state index contributed by atoms with van der Waals surface area (Å²) < 4.78 is 22.8. The van der Waals surface area contributed by atoms with Crippen LogP contribution >= 0.6 is 0 Å². The van der Waals surface area contributed by atoms with Crippen molar-refractivity contribution in [3.63, 3.8) is 0 Å². The van der Waals surface area contributed by atoms with Gasteiger partial charge in [-0.3, -0.25) is 9.59 Å². The fraction of sp³-hybridized carbons (Fsp3) is 0.720. The molecule has 522 valence electrons. The molecule has 0 bridgehead atoms. The quantitative estimate of drug-likeness (QED) is 0.0195. The molecule has 0 aromatic carbocycles. The Morgan fingerprint density at radius 2 is 0.593 bits per heavy atom. The molecule has 2 atom stereocenters. The van der Waals surface area contributed by atoms with E-state index in [4.69, 9.17) is 18.9 Å². The number of carboxylic acid groups (broad SMARTS) is 1. The zero-order chi connectivity index (χ0) is 66.1. The molecular formula is C82H141NO8. The molecule has 0 rings (SSSR count). The number of hydrogen-bond acceptors (Lipinski definition) is 8. The van der Waals surface area contributed by atoms with Crippen molar-refractivity contribution in [1.82, 2.24) is 0 Å². The molecule has 0 heterocycles. The molecule has 0 radical (unpaired) electrons. The Kier molecular flexibility index (Phi) is 68.1. The van der Waals surface area contributed by atoms with Crippen molar-refractivity contribution in [2.75, 3.05) is 47.5 Å². The number of unbranched alkanes of at least 4 members (excludes halogenated alkanes) is 34. The molecule has 9 nitrogen and oxygen atoms in total. The van der Waals surface area contributed by atoms with Gasteiger partial charge in [0, 0.05) is 12.8 Å². The molecule has 0 aromatic heterocycles. The number of likely N-dealkylation sites (N-methyl/N-ethyl adjacent to an activating group) is 1. The lowest BCUT2D eigenvalue weighted by atomic mass is 10.0. The maximum atomic E-state index is 12.9. The van der Waals surface area contributed by atoms with Crippen molar-refractivity contribution in [1.29, 1.82) is 0 Å². The molecule has 0 aliphatic carbocycles. The maximum absolute atomic E-state index is 12.9. The van der Waals surface area contributed by atoms with Crippen LogP contribution in [0.3, 0.4) is 0 Å². The minimum Gasteiger partial charge on any atom is -0.545 e. The minimum atomic E-state index is -1.63. The summed E-state index contributed by atoms with van der Waals surface area (Å²) >= 11 is 0. The predicted octanol–water partition coefficient (Wildman–Crippen LogP) is 22.6. The predicted molar refractivity (Wildman–Crippen MR) is 389 cm³/mol. The number of esters is 2. The first kappa shape index (κ1) is 86.7. The molecule has 0 aliphatic heterocycles. The van der Waals surface area contributed by atoms with Crippen molar-refractivity contribution in [3.05, 3.63) is 122 Å². The number of carbonyl (C=O) groups excluding carboxylic acids is 3. The fourth-order valence-corrected chi connectivity index (χ4v) is 10.5. The van der Waals surface area contributed by atoms with Gasteiger partial charge in [-0.25, -0.2) is 0 Å². The van der Waals surface area contributed by atoms with Crippen LogP contribution in [0.5, 0.6) is 0 Å². The Morgan fingerprint density at radius 3 is 0.879 bits per heavy atom. The standard InChI is InChI=1S/C82H141NO8/c1-6-8-10-12-14-16-18-20-22-24-26-28-30-32-34-35-36-37-38-39-40-41-42-43-44-45-47-48-50-52-54-56-58-60-62-64-66-68-70-72-79(84)89-76-78(77-90-82(81(86)87)88-75-74-83(3,4)5)91-80(85)73-71-69-67-65-63-61-59-57-55-53-51-49-46-33-31-29-27-25-23-21-19-17-15-13-11-9-7-2/h8-11,14-17,20-23,26-29,33,46,51,53,78,82H,6-7,12-13,18-19,24-25,30-32,34-45,47-50,52,54-77H2,1-5H3/b10-8-,11-9-,16-14-,17-15-,22-20-,23-21-,28-26-,29-27-,46-33-,53-51-. The Labute approximate surface area is 561 Å². The van der Waals surface area contributed by atoms with Crippen LogP contribution in [-0.4, -0.2) is 82.3 Å². The second-order valence-corrected chi connectivity index (χ2v) is 26.2. The number of ether oxygens (including phenoxy) is 4. The molecular weight excluding hydrogens is 1130 g/mol. The Bertz CT molecular complexity index is 1910. The minimum absolute atomic E-state index is 0.142. The van der Waals surface area contributed by atoms with Crippen molar-refractivity contribution in [3.8, 4) is 0 Å². The summed E-state index contributed by atoms with van der Waals surface area (Å²) in [5.41, 5.74) is 0. The van der Waals surface area contributed by atoms with Gasteiger partial charge < -0.3 is 33.3 Å². The van der Waals surface area contributed by atoms with Crippen molar-refractivity contribution in [2.45, 2.75) is 334 Å². The Balaban J connectivity index is 4.03. The summed E-state index contributed by atoms with van der Waals surface area (Å²) in [5, 5.41) is 11.8. The first-order chi connectivity index (χ1) is 44.6. The number of carbonyl (C=O) groups is 3. The van der Waals surface area contributed by atoms with E-state index >= 15 is 0 Å². The van der Waals surface area contributed by atoms with Crippen molar-refractivity contribution >= 4 is 17.9 Å². The first-order valence-corrected chi connectivity index (χ1v) is 37.7. The van der Waals surface area contributed by atoms with Gasteiger partial charge in [-0.05, 0) is 103 Å². The third-order valence-electron chi connectivity index (χ3n) is 16.2. The van der Waals surface area contributed by atoms with Gasteiger partial charge in [-0.1, -0.05) is 328 Å². The van der Waals surface area contributed by atoms with Crippen LogP contribution < -0.4 is 5.11 Å². The molecule has 0 saturated heterocycles. The lowest BCUT2D eigenvalue weighted by Crippen LogP contribution is -2.44. The summed E-state index contributed by atoms with van der Waals surface area (Å²) in [6.07, 6.45) is 98.8. The number of carboxylic acids is 1. The Hall–Kier alpha value is -4.31. The van der Waals surface area contributed by atoms with E-state index in [1.165, 1.54) is 180 Å². The lowest BCUT2D eigenvalue weighted by Gasteiger charge is -2.26. The molecule has 0 aromatic rings. The summed E-state index contributed by atoms with van der Waals surface area (Å²) in [7, 11) is 5.93. The van der Waals surface area contributed by atoms with Gasteiger partial charge >= 0.3 is 11.9 Å². The SMILES string of the molecule is CC/C=C\C/C=C\C/C=C\C/C=C\C/C=C\C/C=C\CCCCCCCCCCC(=O)OC(COC(=O)CCCCCCCCCCCCCCCCCCCCCCCCCCCC/C=C\C/C=C\C/C=C\C/C=C\CC)COC(OCC[N+](C)(C)C)C(=O)[O-]. The van der Waals surface area contributed by atoms with Gasteiger partial charge in [0.05, 0.1) is 40.3 Å². The van der Waals surface area contributed by atoms with Crippen LogP contribution in [0.4, 0.5) is 0 Å². The lowest BCUT2D eigenvalue weighted by molar-refractivity contribution is -0.870. The third-order valence-corrected chi connectivity index (χ3v) is 16.2. The number of rotatable bonds is 69. The number of hydrogen-bond donors (Lipinski definition) is 0. The Morgan fingerprint density at radius 1 is 0.330 bits per heavy atom. The molecule has 0 N–H and O–H groups in total. The largest absolute Gasteiger partial charge is 0.545 e. The van der Waals surface area contributed by atoms with E-state index in [0.717, 1.165) is 109 Å². The fourth-order valence-electron chi connectivity index (χ4n) is 10.5. The molecule has 0 fully saturated rings. The van der Waals surface area contributed by atoms with Gasteiger partial charge in [-0.2, -0.15) is 0 Å². The second kappa shape index (κ2) is 71.5.